The summed E-state index contributed by atoms with van der Waals surface area (Å²) in [7, 11) is 0. The normalized spacial score (nSPS) is 19.2. The molecule has 3 atom stereocenters. The van der Waals surface area contributed by atoms with Crippen LogP contribution in [0.3, 0.4) is 0 Å². The smallest absolute Gasteiger partial charge is 0.243 e. The van der Waals surface area contributed by atoms with Crippen LogP contribution in [0, 0.1) is 5.92 Å². The van der Waals surface area contributed by atoms with Crippen LogP contribution >= 0.6 is 0 Å². The van der Waals surface area contributed by atoms with E-state index in [2.05, 4.69) is 5.32 Å². The summed E-state index contributed by atoms with van der Waals surface area (Å²) >= 11 is 0. The number of hydrogen-bond donors (Lipinski definition) is 2. The topological polar surface area (TPSA) is 92.5 Å². The zero-order chi connectivity index (χ0) is 19.1. The van der Waals surface area contributed by atoms with Gasteiger partial charge in [0.05, 0.1) is 12.1 Å². The first-order valence-electron chi connectivity index (χ1n) is 9.28. The van der Waals surface area contributed by atoms with Gasteiger partial charge < -0.3 is 20.7 Å². The van der Waals surface area contributed by atoms with Crippen LogP contribution in [0.1, 0.15) is 38.7 Å². The van der Waals surface area contributed by atoms with Gasteiger partial charge >= 0.3 is 0 Å². The Hall–Kier alpha value is -2.21. The number of hydrogen-bond acceptors (Lipinski definition) is 4. The molecule has 0 aliphatic carbocycles. The quantitative estimate of drug-likeness (QED) is 0.684. The molecule has 1 fully saturated rings. The fraction of sp³-hybridized carbons (Fsp3) is 0.550. The molecule has 0 unspecified atom stereocenters. The van der Waals surface area contributed by atoms with Gasteiger partial charge in [0.25, 0.3) is 0 Å². The van der Waals surface area contributed by atoms with E-state index in [-0.39, 0.29) is 11.8 Å². The van der Waals surface area contributed by atoms with E-state index in [9.17, 15) is 14.4 Å². The molecule has 1 aromatic carbocycles. The van der Waals surface area contributed by atoms with Crippen LogP contribution < -0.4 is 11.1 Å². The van der Waals surface area contributed by atoms with E-state index in [0.717, 1.165) is 18.3 Å². The van der Waals surface area contributed by atoms with Crippen molar-refractivity contribution in [3.63, 3.8) is 0 Å². The Morgan fingerprint density at radius 3 is 2.62 bits per heavy atom. The predicted octanol–water partition coefficient (Wildman–Crippen LogP) is 1.28. The third kappa shape index (κ3) is 5.39. The van der Waals surface area contributed by atoms with Gasteiger partial charge in [0.2, 0.25) is 11.8 Å². The first-order chi connectivity index (χ1) is 12.4. The highest BCUT2D eigenvalue weighted by Gasteiger charge is 2.36. The van der Waals surface area contributed by atoms with Gasteiger partial charge in [-0.15, -0.1) is 0 Å². The van der Waals surface area contributed by atoms with Gasteiger partial charge in [-0.05, 0) is 37.2 Å². The van der Waals surface area contributed by atoms with Crippen molar-refractivity contribution < 1.29 is 14.4 Å². The van der Waals surface area contributed by atoms with Gasteiger partial charge in [-0.1, -0.05) is 44.2 Å². The number of nitrogens with two attached hydrogens (primary N) is 1. The monoisotopic (exact) mass is 359 g/mol. The largest absolute Gasteiger partial charge is 0.345 e. The van der Waals surface area contributed by atoms with Crippen molar-refractivity contribution in [1.29, 1.82) is 0 Å². The summed E-state index contributed by atoms with van der Waals surface area (Å²) in [6, 6.07) is 7.86. The summed E-state index contributed by atoms with van der Waals surface area (Å²) in [5, 5.41) is 2.77. The second kappa shape index (κ2) is 9.48. The molecule has 1 saturated heterocycles. The Labute approximate surface area is 155 Å². The van der Waals surface area contributed by atoms with Crippen LogP contribution in [0.4, 0.5) is 0 Å². The molecule has 142 valence electrons. The highest BCUT2D eigenvalue weighted by atomic mass is 16.2. The molecule has 0 spiro atoms. The van der Waals surface area contributed by atoms with Gasteiger partial charge in [-0.2, -0.15) is 0 Å². The lowest BCUT2D eigenvalue weighted by molar-refractivity contribution is -0.139. The molecule has 1 heterocycles. The fourth-order valence-electron chi connectivity index (χ4n) is 3.41. The molecule has 0 bridgehead atoms. The molecule has 1 aromatic rings. The molecule has 6 heteroatoms. The van der Waals surface area contributed by atoms with E-state index in [1.54, 1.807) is 4.90 Å². The van der Waals surface area contributed by atoms with Crippen molar-refractivity contribution in [2.24, 2.45) is 11.7 Å². The van der Waals surface area contributed by atoms with Crippen molar-refractivity contribution in [3.8, 4) is 0 Å². The number of nitrogens with one attached hydrogen (secondary N) is 1. The van der Waals surface area contributed by atoms with Gasteiger partial charge in [-0.25, -0.2) is 0 Å². The molecule has 2 amide bonds. The molecule has 0 saturated carbocycles. The molecule has 0 radical (unpaired) electrons. The third-order valence-corrected chi connectivity index (χ3v) is 4.67. The Kier molecular flexibility index (Phi) is 7.33. The standard InChI is InChI=1S/C20H29N3O3/c1-14(2)11-16(13-24)22-19(25)18-9-6-10-23(18)20(26)17(21)12-15-7-4-3-5-8-15/h3-5,7-8,13-14,16-18H,6,9-12,21H2,1-2H3,(H,22,25)/t16-,17-,18-/m0/s1. The molecule has 26 heavy (non-hydrogen) atoms. The zero-order valence-electron chi connectivity index (χ0n) is 15.6. The van der Waals surface area contributed by atoms with Crippen LogP contribution in [-0.4, -0.2) is 47.7 Å². The van der Waals surface area contributed by atoms with E-state index in [0.29, 0.717) is 31.7 Å². The van der Waals surface area contributed by atoms with Gasteiger partial charge in [0.1, 0.15) is 12.3 Å². The van der Waals surface area contributed by atoms with E-state index >= 15 is 0 Å². The summed E-state index contributed by atoms with van der Waals surface area (Å²) < 4.78 is 0. The van der Waals surface area contributed by atoms with Crippen molar-refractivity contribution in [1.82, 2.24) is 10.2 Å². The lowest BCUT2D eigenvalue weighted by Crippen LogP contribution is -2.53. The average Bonchev–Trinajstić information content (AvgIpc) is 3.10. The third-order valence-electron chi connectivity index (χ3n) is 4.67. The molecule has 1 aliphatic heterocycles. The summed E-state index contributed by atoms with van der Waals surface area (Å²) in [6.07, 6.45) is 3.15. The van der Waals surface area contributed by atoms with E-state index in [4.69, 9.17) is 5.73 Å². The molecule has 6 nitrogen and oxygen atoms in total. The van der Waals surface area contributed by atoms with Crippen LogP contribution in [-0.2, 0) is 20.8 Å². The molecular weight excluding hydrogens is 330 g/mol. The Balaban J connectivity index is 1.98. The van der Waals surface area contributed by atoms with Crippen LogP contribution in [0.25, 0.3) is 0 Å². The molecule has 3 N–H and O–H groups in total. The Morgan fingerprint density at radius 1 is 1.31 bits per heavy atom. The van der Waals surface area contributed by atoms with Crippen molar-refractivity contribution in [2.45, 2.75) is 57.7 Å². The van der Waals surface area contributed by atoms with Crippen molar-refractivity contribution in [2.75, 3.05) is 6.54 Å². The lowest BCUT2D eigenvalue weighted by atomic mass is 10.0. The number of aldehydes is 1. The molecular formula is C20H29N3O3. The van der Waals surface area contributed by atoms with Crippen molar-refractivity contribution >= 4 is 18.1 Å². The second-order valence-corrected chi connectivity index (χ2v) is 7.37. The maximum absolute atomic E-state index is 12.7. The summed E-state index contributed by atoms with van der Waals surface area (Å²) in [6.45, 7) is 4.52. The maximum Gasteiger partial charge on any atom is 0.243 e. The number of likely N-dealkylation sites (tertiary alicyclic amines) is 1. The van der Waals surface area contributed by atoms with Crippen LogP contribution in [0.5, 0.6) is 0 Å². The van der Waals surface area contributed by atoms with E-state index in [1.807, 2.05) is 44.2 Å². The number of carbonyl (C=O) groups excluding carboxylic acids is 3. The fourth-order valence-corrected chi connectivity index (χ4v) is 3.41. The number of carbonyl (C=O) groups is 3. The number of nitrogens with zero attached hydrogens (tertiary/aromatic N) is 1. The summed E-state index contributed by atoms with van der Waals surface area (Å²) in [5.41, 5.74) is 7.10. The van der Waals surface area contributed by atoms with E-state index in [1.165, 1.54) is 0 Å². The van der Waals surface area contributed by atoms with Gasteiger partial charge in [0.15, 0.2) is 0 Å². The summed E-state index contributed by atoms with van der Waals surface area (Å²) in [5.74, 6) is -0.176. The van der Waals surface area contributed by atoms with Gasteiger partial charge in [-0.3, -0.25) is 9.59 Å². The molecule has 1 aliphatic rings. The molecule has 0 aromatic heterocycles. The SMILES string of the molecule is CC(C)C[C@@H](C=O)NC(=O)[C@@H]1CCCN1C(=O)[C@@H](N)Cc1ccccc1. The number of benzene rings is 1. The highest BCUT2D eigenvalue weighted by molar-refractivity contribution is 5.91. The summed E-state index contributed by atoms with van der Waals surface area (Å²) in [4.78, 5) is 38.1. The second-order valence-electron chi connectivity index (χ2n) is 7.37. The first kappa shape index (κ1) is 20.1. The minimum Gasteiger partial charge on any atom is -0.345 e. The van der Waals surface area contributed by atoms with Crippen LogP contribution in [0.15, 0.2) is 30.3 Å². The number of amides is 2. The number of rotatable bonds is 8. The first-order valence-corrected chi connectivity index (χ1v) is 9.28. The van der Waals surface area contributed by atoms with Gasteiger partial charge in [0, 0.05) is 6.54 Å². The Bertz CT molecular complexity index is 618. The van der Waals surface area contributed by atoms with E-state index < -0.39 is 18.1 Å². The van der Waals surface area contributed by atoms with Crippen LogP contribution in [0.2, 0.25) is 0 Å². The minimum atomic E-state index is -0.677. The molecule has 2 rings (SSSR count). The zero-order valence-corrected chi connectivity index (χ0v) is 15.6. The highest BCUT2D eigenvalue weighted by Crippen LogP contribution is 2.19. The Morgan fingerprint density at radius 2 is 2.00 bits per heavy atom. The average molecular weight is 359 g/mol. The van der Waals surface area contributed by atoms with Crippen molar-refractivity contribution in [3.05, 3.63) is 35.9 Å². The lowest BCUT2D eigenvalue weighted by Gasteiger charge is -2.28. The minimum absolute atomic E-state index is 0.210. The maximum atomic E-state index is 12.7. The predicted molar refractivity (Wildman–Crippen MR) is 100 cm³/mol.